The molecule has 0 aliphatic rings. The molecule has 0 aliphatic heterocycles. The van der Waals surface area contributed by atoms with Gasteiger partial charge in [-0.2, -0.15) is 5.26 Å². The predicted molar refractivity (Wildman–Crippen MR) is 140 cm³/mol. The molecule has 10 heteroatoms. The Balaban J connectivity index is 3.54. The van der Waals surface area contributed by atoms with Gasteiger partial charge in [0, 0.05) is 12.5 Å². The topological polar surface area (TPSA) is 155 Å². The van der Waals surface area contributed by atoms with Gasteiger partial charge in [-0.15, -0.1) is 0 Å². The Labute approximate surface area is 219 Å². The molecule has 0 saturated carbocycles. The van der Waals surface area contributed by atoms with Gasteiger partial charge in [-0.25, -0.2) is 4.79 Å². The van der Waals surface area contributed by atoms with Crippen molar-refractivity contribution in [2.24, 2.45) is 5.73 Å². The van der Waals surface area contributed by atoms with Gasteiger partial charge >= 0.3 is 6.09 Å². The van der Waals surface area contributed by atoms with Gasteiger partial charge in [0.1, 0.15) is 24.2 Å². The molecule has 0 fully saturated rings. The van der Waals surface area contributed by atoms with Crippen molar-refractivity contribution in [3.63, 3.8) is 0 Å². The molecule has 1 rings (SSSR count). The summed E-state index contributed by atoms with van der Waals surface area (Å²) in [5, 5.41) is 15.1. The number of ether oxygens (including phenoxy) is 1. The van der Waals surface area contributed by atoms with Gasteiger partial charge in [0.15, 0.2) is 0 Å². The van der Waals surface area contributed by atoms with E-state index in [0.717, 1.165) is 28.9 Å². The first-order chi connectivity index (χ1) is 17.2. The number of hydrogen-bond donors (Lipinski definition) is 3. The van der Waals surface area contributed by atoms with E-state index in [2.05, 4.69) is 10.6 Å². The predicted octanol–water partition coefficient (Wildman–Crippen LogP) is 3.16. The lowest BCUT2D eigenvalue weighted by Crippen LogP contribution is -2.54. The van der Waals surface area contributed by atoms with Crippen LogP contribution >= 0.6 is 0 Å². The van der Waals surface area contributed by atoms with Crippen molar-refractivity contribution in [3.8, 4) is 6.07 Å². The number of primary amides is 1. The van der Waals surface area contributed by atoms with Crippen molar-refractivity contribution < 1.29 is 23.9 Å². The molecule has 0 bridgehead atoms. The third-order valence-corrected chi connectivity index (χ3v) is 5.80. The average Bonchev–Trinajstić information content (AvgIpc) is 2.77. The molecule has 0 aromatic heterocycles. The van der Waals surface area contributed by atoms with Crippen LogP contribution in [0.4, 0.5) is 4.79 Å². The molecule has 0 radical (unpaired) electrons. The molecule has 0 saturated heterocycles. The maximum atomic E-state index is 13.8. The van der Waals surface area contributed by atoms with E-state index in [1.54, 1.807) is 32.9 Å². The summed E-state index contributed by atoms with van der Waals surface area (Å²) in [6, 6.07) is 4.85. The molecule has 1 aromatic carbocycles. The smallest absolute Gasteiger partial charge is 0.408 e. The first-order valence-electron chi connectivity index (χ1n) is 12.5. The van der Waals surface area contributed by atoms with Gasteiger partial charge in [-0.1, -0.05) is 31.5 Å². The number of carbonyl (C=O) groups excluding carboxylic acids is 4. The molecular formula is C27H41N5O5. The van der Waals surface area contributed by atoms with Crippen LogP contribution in [0.5, 0.6) is 0 Å². The fourth-order valence-electron chi connectivity index (χ4n) is 3.91. The first kappa shape index (κ1) is 31.4. The Morgan fingerprint density at radius 2 is 1.78 bits per heavy atom. The quantitative estimate of drug-likeness (QED) is 0.363. The van der Waals surface area contributed by atoms with Crippen LogP contribution in [0.15, 0.2) is 18.2 Å². The molecule has 37 heavy (non-hydrogen) atoms. The average molecular weight is 516 g/mol. The lowest BCUT2D eigenvalue weighted by atomic mass is 9.94. The van der Waals surface area contributed by atoms with E-state index in [1.807, 2.05) is 39.8 Å². The molecule has 10 nitrogen and oxygen atoms in total. The number of nitriles is 1. The van der Waals surface area contributed by atoms with E-state index in [9.17, 15) is 24.4 Å². The molecule has 4 N–H and O–H groups in total. The van der Waals surface area contributed by atoms with Crippen LogP contribution in [0.1, 0.15) is 83.0 Å². The van der Waals surface area contributed by atoms with Crippen LogP contribution in [0, 0.1) is 25.2 Å². The molecule has 1 aromatic rings. The molecule has 0 heterocycles. The molecule has 3 unspecified atom stereocenters. The number of nitrogens with two attached hydrogens (primary N) is 1. The molecule has 0 spiro atoms. The monoisotopic (exact) mass is 515 g/mol. The number of alkyl carbamates (subject to hydrolysis) is 1. The number of hydrogen-bond acceptors (Lipinski definition) is 6. The third kappa shape index (κ3) is 10.1. The molecular weight excluding hydrogens is 474 g/mol. The van der Waals surface area contributed by atoms with Gasteiger partial charge in [0.2, 0.25) is 17.7 Å². The Morgan fingerprint density at radius 3 is 2.32 bits per heavy atom. The van der Waals surface area contributed by atoms with E-state index in [-0.39, 0.29) is 18.9 Å². The van der Waals surface area contributed by atoms with Crippen LogP contribution < -0.4 is 16.4 Å². The minimum Gasteiger partial charge on any atom is -0.444 e. The van der Waals surface area contributed by atoms with Crippen LogP contribution in [-0.2, 0) is 19.1 Å². The van der Waals surface area contributed by atoms with Crippen molar-refractivity contribution in [1.82, 2.24) is 15.5 Å². The number of carbonyl (C=O) groups is 4. The number of rotatable bonds is 12. The highest BCUT2D eigenvalue weighted by Crippen LogP contribution is 2.28. The highest BCUT2D eigenvalue weighted by atomic mass is 16.6. The van der Waals surface area contributed by atoms with Crippen molar-refractivity contribution >= 4 is 23.8 Å². The summed E-state index contributed by atoms with van der Waals surface area (Å²) in [5.41, 5.74) is 6.76. The Kier molecular flexibility index (Phi) is 12.1. The van der Waals surface area contributed by atoms with E-state index >= 15 is 0 Å². The molecule has 204 valence electrons. The Bertz CT molecular complexity index is 1010. The third-order valence-electron chi connectivity index (χ3n) is 5.80. The molecule has 0 aliphatic carbocycles. The number of amides is 4. The zero-order chi connectivity index (χ0) is 28.3. The van der Waals surface area contributed by atoms with Crippen LogP contribution in [0.3, 0.4) is 0 Å². The number of aryl methyl sites for hydroxylation is 1. The van der Waals surface area contributed by atoms with Crippen molar-refractivity contribution in [2.45, 2.75) is 97.9 Å². The second-order valence-electron chi connectivity index (χ2n) is 10.2. The summed E-state index contributed by atoms with van der Waals surface area (Å²) in [5.74, 6) is -1.80. The van der Waals surface area contributed by atoms with Crippen LogP contribution in [-0.4, -0.2) is 52.9 Å². The largest absolute Gasteiger partial charge is 0.444 e. The SMILES string of the molecule is CCCC(C)NC(=O)C(c1cccc(C)c1C)N(CC#N)C(=O)C(CCC(N)=O)NC(=O)OC(C)(C)C. The van der Waals surface area contributed by atoms with Gasteiger partial charge in [0.25, 0.3) is 0 Å². The van der Waals surface area contributed by atoms with E-state index in [1.165, 1.54) is 0 Å². The maximum Gasteiger partial charge on any atom is 0.408 e. The fraction of sp³-hybridized carbons (Fsp3) is 0.593. The summed E-state index contributed by atoms with van der Waals surface area (Å²) in [4.78, 5) is 52.6. The second-order valence-corrected chi connectivity index (χ2v) is 10.2. The minimum absolute atomic E-state index is 0.122. The first-order valence-corrected chi connectivity index (χ1v) is 12.5. The number of benzene rings is 1. The fourth-order valence-corrected chi connectivity index (χ4v) is 3.91. The Morgan fingerprint density at radius 1 is 1.14 bits per heavy atom. The highest BCUT2D eigenvalue weighted by Gasteiger charge is 2.37. The maximum absolute atomic E-state index is 13.8. The summed E-state index contributed by atoms with van der Waals surface area (Å²) in [6.45, 7) is 12.2. The van der Waals surface area contributed by atoms with Gasteiger partial charge < -0.3 is 26.0 Å². The second kappa shape index (κ2) is 14.2. The summed E-state index contributed by atoms with van der Waals surface area (Å²) >= 11 is 0. The zero-order valence-electron chi connectivity index (χ0n) is 23.0. The van der Waals surface area contributed by atoms with Gasteiger partial charge in [0.05, 0.1) is 6.07 Å². The summed E-state index contributed by atoms with van der Waals surface area (Å²) in [7, 11) is 0. The van der Waals surface area contributed by atoms with Crippen LogP contribution in [0.25, 0.3) is 0 Å². The normalized spacial score (nSPS) is 13.5. The van der Waals surface area contributed by atoms with Gasteiger partial charge in [-0.05, 0) is 71.1 Å². The minimum atomic E-state index is -1.25. The summed E-state index contributed by atoms with van der Waals surface area (Å²) < 4.78 is 5.29. The highest BCUT2D eigenvalue weighted by molar-refractivity contribution is 5.93. The zero-order valence-corrected chi connectivity index (χ0v) is 23.0. The lowest BCUT2D eigenvalue weighted by Gasteiger charge is -2.34. The van der Waals surface area contributed by atoms with Crippen molar-refractivity contribution in [1.29, 1.82) is 5.26 Å². The van der Waals surface area contributed by atoms with Crippen molar-refractivity contribution in [3.05, 3.63) is 34.9 Å². The van der Waals surface area contributed by atoms with E-state index in [4.69, 9.17) is 10.5 Å². The van der Waals surface area contributed by atoms with E-state index < -0.39 is 48.0 Å². The van der Waals surface area contributed by atoms with E-state index in [0.29, 0.717) is 5.56 Å². The molecule has 4 amide bonds. The van der Waals surface area contributed by atoms with Gasteiger partial charge in [-0.3, -0.25) is 14.4 Å². The summed E-state index contributed by atoms with van der Waals surface area (Å²) in [6.07, 6.45) is 0.407. The number of nitrogens with one attached hydrogen (secondary N) is 2. The van der Waals surface area contributed by atoms with Crippen LogP contribution in [0.2, 0.25) is 0 Å². The lowest BCUT2D eigenvalue weighted by molar-refractivity contribution is -0.142. The molecule has 3 atom stereocenters. The number of nitrogens with zero attached hydrogens (tertiary/aromatic N) is 2. The Hall–Kier alpha value is -3.61. The standard InChI is InChI=1S/C27H41N5O5/c1-8-10-18(3)30-24(34)23(20-12-9-11-17(2)19(20)4)32(16-15-28)25(35)21(13-14-22(29)33)31-26(36)37-27(5,6)7/h9,11-12,18,21,23H,8,10,13-14,16H2,1-7H3,(H2,29,33)(H,30,34)(H,31,36). The van der Waals surface area contributed by atoms with Crippen molar-refractivity contribution in [2.75, 3.05) is 6.54 Å².